The van der Waals surface area contributed by atoms with E-state index in [2.05, 4.69) is 41.9 Å². The van der Waals surface area contributed by atoms with Crippen LogP contribution in [0.15, 0.2) is 64.6 Å². The average Bonchev–Trinajstić information content (AvgIpc) is 3.09. The number of hydrogen-bond donors (Lipinski definition) is 1. The molecule has 6 nitrogen and oxygen atoms in total. The number of carbonyl (C=O) groups excluding carboxylic acids is 1. The molecule has 0 saturated heterocycles. The second-order valence-electron chi connectivity index (χ2n) is 8.36. The summed E-state index contributed by atoms with van der Waals surface area (Å²) >= 11 is 13.8. The zero-order valence-electron chi connectivity index (χ0n) is 19.3. The normalized spacial score (nSPS) is 11.7. The number of aromatic nitrogens is 2. The number of halogens is 2. The summed E-state index contributed by atoms with van der Waals surface area (Å²) < 4.78 is 25.5. The van der Waals surface area contributed by atoms with E-state index in [0.717, 1.165) is 22.9 Å². The van der Waals surface area contributed by atoms with Crippen LogP contribution in [0, 0.1) is 13.8 Å². The molecule has 10 heteroatoms. The molecule has 182 valence electrons. The van der Waals surface area contributed by atoms with Gasteiger partial charge in [-0.3, -0.25) is 4.79 Å². The van der Waals surface area contributed by atoms with Crippen molar-refractivity contribution in [3.63, 3.8) is 0 Å². The Morgan fingerprint density at radius 2 is 1.74 bits per heavy atom. The second kappa shape index (κ2) is 10.2. The molecule has 0 radical (unpaired) electrons. The minimum Gasteiger partial charge on any atom is -0.324 e. The Morgan fingerprint density at radius 3 is 2.40 bits per heavy atom. The molecular weight excluding hydrogens is 525 g/mol. The number of sulfone groups is 1. The number of fused-ring (bicyclic) bond motifs is 1. The third kappa shape index (κ3) is 6.19. The Kier molecular flexibility index (Phi) is 7.47. The molecule has 0 aliphatic heterocycles. The Morgan fingerprint density at radius 1 is 1.03 bits per heavy atom. The maximum atomic E-state index is 12.7. The summed E-state index contributed by atoms with van der Waals surface area (Å²) in [6.45, 7) is 4.71. The predicted molar refractivity (Wildman–Crippen MR) is 144 cm³/mol. The lowest BCUT2D eigenvalue weighted by atomic mass is 10.1. The molecule has 1 aromatic heterocycles. The molecule has 0 bridgehead atoms. The molecule has 0 aliphatic rings. The van der Waals surface area contributed by atoms with Gasteiger partial charge in [0, 0.05) is 11.3 Å². The lowest BCUT2D eigenvalue weighted by Crippen LogP contribution is -2.15. The van der Waals surface area contributed by atoms with Gasteiger partial charge in [0.15, 0.2) is 15.0 Å². The second-order valence-corrected chi connectivity index (χ2v) is 12.2. The maximum Gasteiger partial charge on any atom is 0.234 e. The van der Waals surface area contributed by atoms with Gasteiger partial charge < -0.3 is 9.88 Å². The van der Waals surface area contributed by atoms with E-state index < -0.39 is 9.84 Å². The van der Waals surface area contributed by atoms with Crippen LogP contribution in [-0.2, 0) is 21.2 Å². The van der Waals surface area contributed by atoms with Gasteiger partial charge in [-0.2, -0.15) is 0 Å². The lowest BCUT2D eigenvalue weighted by Gasteiger charge is -2.12. The predicted octanol–water partition coefficient (Wildman–Crippen LogP) is 6.14. The molecule has 0 atom stereocenters. The highest BCUT2D eigenvalue weighted by Crippen LogP contribution is 2.29. The van der Waals surface area contributed by atoms with E-state index >= 15 is 0 Å². The summed E-state index contributed by atoms with van der Waals surface area (Å²) in [5, 5.41) is 4.20. The quantitative estimate of drug-likeness (QED) is 0.281. The molecule has 0 spiro atoms. The number of thioether (sulfide) groups is 1. The van der Waals surface area contributed by atoms with E-state index in [1.807, 2.05) is 12.1 Å². The van der Waals surface area contributed by atoms with Crippen LogP contribution in [0.2, 0.25) is 10.0 Å². The van der Waals surface area contributed by atoms with Crippen molar-refractivity contribution < 1.29 is 13.2 Å². The zero-order chi connectivity index (χ0) is 25.3. The third-order valence-electron chi connectivity index (χ3n) is 5.27. The van der Waals surface area contributed by atoms with Crippen LogP contribution in [0.5, 0.6) is 0 Å². The summed E-state index contributed by atoms with van der Waals surface area (Å²) in [7, 11) is -3.39. The minimum absolute atomic E-state index is 0.0913. The Labute approximate surface area is 218 Å². The molecule has 4 rings (SSSR count). The van der Waals surface area contributed by atoms with Crippen LogP contribution in [0.3, 0.4) is 0 Å². The molecule has 35 heavy (non-hydrogen) atoms. The highest BCUT2D eigenvalue weighted by atomic mass is 35.5. The molecule has 0 aliphatic carbocycles. The van der Waals surface area contributed by atoms with Gasteiger partial charge in [-0.25, -0.2) is 13.4 Å². The Balaban J connectivity index is 1.56. The number of anilines is 1. The molecule has 1 amide bonds. The van der Waals surface area contributed by atoms with Gasteiger partial charge in [-0.05, 0) is 55.8 Å². The first-order valence-corrected chi connectivity index (χ1v) is 14.3. The summed E-state index contributed by atoms with van der Waals surface area (Å²) in [5.74, 6) is -0.194. The van der Waals surface area contributed by atoms with Crippen molar-refractivity contribution in [2.45, 2.75) is 30.4 Å². The highest BCUT2D eigenvalue weighted by Gasteiger charge is 2.16. The number of amides is 1. The van der Waals surface area contributed by atoms with Crippen molar-refractivity contribution >= 4 is 67.4 Å². The Hall–Kier alpha value is -2.52. The first kappa shape index (κ1) is 25.6. The SMILES string of the molecule is Cc1cc(C)cc(Cn2c(SCC(=O)Nc3ccc(S(C)(=O)=O)cc3Cl)nc3ccc(Cl)cc32)c1. The van der Waals surface area contributed by atoms with Gasteiger partial charge in [-0.15, -0.1) is 0 Å². The molecule has 4 aromatic rings. The van der Waals surface area contributed by atoms with E-state index in [0.29, 0.717) is 22.4 Å². The number of benzene rings is 3. The first-order chi connectivity index (χ1) is 16.5. The smallest absolute Gasteiger partial charge is 0.234 e. The molecular formula is C25H23Cl2N3O3S2. The number of hydrogen-bond acceptors (Lipinski definition) is 5. The average molecular weight is 549 g/mol. The van der Waals surface area contributed by atoms with Gasteiger partial charge in [0.1, 0.15) is 0 Å². The summed E-state index contributed by atoms with van der Waals surface area (Å²) in [6, 6.07) is 16.1. The molecule has 0 fully saturated rings. The van der Waals surface area contributed by atoms with Gasteiger partial charge in [0.25, 0.3) is 0 Å². The highest BCUT2D eigenvalue weighted by molar-refractivity contribution is 7.99. The van der Waals surface area contributed by atoms with E-state index in [1.54, 1.807) is 6.07 Å². The zero-order valence-corrected chi connectivity index (χ0v) is 22.4. The number of imidazole rings is 1. The summed E-state index contributed by atoms with van der Waals surface area (Å²) in [4.78, 5) is 17.5. The van der Waals surface area contributed by atoms with Gasteiger partial charge >= 0.3 is 0 Å². The van der Waals surface area contributed by atoms with Crippen molar-refractivity contribution in [1.29, 1.82) is 0 Å². The van der Waals surface area contributed by atoms with Crippen molar-refractivity contribution in [3.8, 4) is 0 Å². The fourth-order valence-corrected chi connectivity index (χ4v) is 5.74. The number of nitrogens with zero attached hydrogens (tertiary/aromatic N) is 2. The van der Waals surface area contributed by atoms with Gasteiger partial charge in [-0.1, -0.05) is 64.3 Å². The molecule has 1 N–H and O–H groups in total. The van der Waals surface area contributed by atoms with Crippen molar-refractivity contribution in [3.05, 3.63) is 81.3 Å². The van der Waals surface area contributed by atoms with Crippen LogP contribution in [0.1, 0.15) is 16.7 Å². The fraction of sp³-hybridized carbons (Fsp3) is 0.200. The van der Waals surface area contributed by atoms with Crippen LogP contribution < -0.4 is 5.32 Å². The fourth-order valence-electron chi connectivity index (χ4n) is 3.82. The van der Waals surface area contributed by atoms with Crippen molar-refractivity contribution in [1.82, 2.24) is 9.55 Å². The molecule has 3 aromatic carbocycles. The van der Waals surface area contributed by atoms with Crippen LogP contribution in [0.25, 0.3) is 11.0 Å². The van der Waals surface area contributed by atoms with Gasteiger partial charge in [0.05, 0.1) is 38.9 Å². The standard InChI is InChI=1S/C25H23Cl2N3O3S2/c1-15-8-16(2)10-17(9-15)13-30-23-11-18(26)4-6-22(23)29-25(30)34-14-24(31)28-21-7-5-19(12-20(21)27)35(3,32)33/h4-12H,13-14H2,1-3H3,(H,28,31). The summed E-state index contributed by atoms with van der Waals surface area (Å²) in [6.07, 6.45) is 1.10. The first-order valence-electron chi connectivity index (χ1n) is 10.6. The van der Waals surface area contributed by atoms with Crippen LogP contribution in [0.4, 0.5) is 5.69 Å². The van der Waals surface area contributed by atoms with Crippen molar-refractivity contribution in [2.75, 3.05) is 17.3 Å². The topological polar surface area (TPSA) is 81.1 Å². The largest absolute Gasteiger partial charge is 0.324 e. The molecule has 0 unspecified atom stereocenters. The lowest BCUT2D eigenvalue weighted by molar-refractivity contribution is -0.113. The molecule has 1 heterocycles. The number of aryl methyl sites for hydroxylation is 2. The van der Waals surface area contributed by atoms with E-state index in [1.165, 1.54) is 41.1 Å². The maximum absolute atomic E-state index is 12.7. The van der Waals surface area contributed by atoms with Crippen LogP contribution in [-0.4, -0.2) is 35.9 Å². The minimum atomic E-state index is -3.39. The molecule has 0 saturated carbocycles. The van der Waals surface area contributed by atoms with Crippen molar-refractivity contribution in [2.24, 2.45) is 0 Å². The van der Waals surface area contributed by atoms with E-state index in [-0.39, 0.29) is 21.6 Å². The van der Waals surface area contributed by atoms with Gasteiger partial charge in [0.2, 0.25) is 5.91 Å². The summed E-state index contributed by atoms with van der Waals surface area (Å²) in [5.41, 5.74) is 5.51. The van der Waals surface area contributed by atoms with E-state index in [4.69, 9.17) is 28.2 Å². The van der Waals surface area contributed by atoms with Crippen LogP contribution >= 0.6 is 35.0 Å². The monoisotopic (exact) mass is 547 g/mol. The number of nitrogens with one attached hydrogen (secondary N) is 1. The number of carbonyl (C=O) groups is 1. The third-order valence-corrected chi connectivity index (χ3v) is 7.91. The number of rotatable bonds is 7. The van der Waals surface area contributed by atoms with E-state index in [9.17, 15) is 13.2 Å². The Bertz CT molecular complexity index is 1530.